The third-order valence-electron chi connectivity index (χ3n) is 1.90. The fourth-order valence-corrected chi connectivity index (χ4v) is 1.57. The first-order valence-electron chi connectivity index (χ1n) is 4.72. The number of thioether (sulfide) groups is 1. The molecule has 5 heteroatoms. The van der Waals surface area contributed by atoms with Gasteiger partial charge in [0, 0.05) is 6.54 Å². The van der Waals surface area contributed by atoms with Gasteiger partial charge in [-0.25, -0.2) is 0 Å². The van der Waals surface area contributed by atoms with Gasteiger partial charge in [-0.1, -0.05) is 0 Å². The van der Waals surface area contributed by atoms with Gasteiger partial charge < -0.3 is 14.8 Å². The molecule has 0 fully saturated rings. The maximum atomic E-state index is 11.4. The lowest BCUT2D eigenvalue weighted by molar-refractivity contribution is 0.0887. The summed E-state index contributed by atoms with van der Waals surface area (Å²) in [5.41, 5.74) is 0. The first kappa shape index (κ1) is 12.1. The summed E-state index contributed by atoms with van der Waals surface area (Å²) in [6, 6.07) is 3.24. The second-order valence-corrected chi connectivity index (χ2v) is 4.11. The molecule has 0 aliphatic carbocycles. The zero-order valence-corrected chi connectivity index (χ0v) is 9.42. The molecule has 0 saturated heterocycles. The summed E-state index contributed by atoms with van der Waals surface area (Å²) in [6.07, 6.45) is 3.61. The molecule has 1 unspecified atom stereocenters. The quantitative estimate of drug-likeness (QED) is 0.767. The molecule has 0 bridgehead atoms. The summed E-state index contributed by atoms with van der Waals surface area (Å²) in [7, 11) is 0. The van der Waals surface area contributed by atoms with Gasteiger partial charge in [0.05, 0.1) is 12.4 Å². The molecule has 1 atom stereocenters. The van der Waals surface area contributed by atoms with Crippen LogP contribution in [0.15, 0.2) is 22.8 Å². The first-order valence-corrected chi connectivity index (χ1v) is 6.12. The van der Waals surface area contributed by atoms with Crippen molar-refractivity contribution in [3.05, 3.63) is 24.2 Å². The van der Waals surface area contributed by atoms with E-state index in [1.165, 1.54) is 6.26 Å². The van der Waals surface area contributed by atoms with Crippen LogP contribution in [0.3, 0.4) is 0 Å². The Labute approximate surface area is 93.0 Å². The summed E-state index contributed by atoms with van der Waals surface area (Å²) < 4.78 is 4.91. The summed E-state index contributed by atoms with van der Waals surface area (Å²) in [6.45, 7) is 0.264. The van der Waals surface area contributed by atoms with Crippen LogP contribution in [0, 0.1) is 0 Å². The number of aliphatic hydroxyl groups excluding tert-OH is 1. The van der Waals surface area contributed by atoms with Crippen molar-refractivity contribution in [1.82, 2.24) is 5.32 Å². The van der Waals surface area contributed by atoms with E-state index in [1.807, 2.05) is 6.26 Å². The summed E-state index contributed by atoms with van der Waals surface area (Å²) >= 11 is 1.67. The monoisotopic (exact) mass is 229 g/mol. The Morgan fingerprint density at radius 2 is 2.53 bits per heavy atom. The highest BCUT2D eigenvalue weighted by atomic mass is 32.2. The van der Waals surface area contributed by atoms with Gasteiger partial charge >= 0.3 is 0 Å². The third-order valence-corrected chi connectivity index (χ3v) is 2.54. The number of furan rings is 1. The number of carbonyl (C=O) groups is 1. The van der Waals surface area contributed by atoms with E-state index in [-0.39, 0.29) is 18.2 Å². The van der Waals surface area contributed by atoms with Crippen molar-refractivity contribution in [3.63, 3.8) is 0 Å². The lowest BCUT2D eigenvalue weighted by atomic mass is 10.3. The van der Waals surface area contributed by atoms with Gasteiger partial charge in [0.15, 0.2) is 5.76 Å². The highest BCUT2D eigenvalue weighted by Gasteiger charge is 2.10. The molecule has 1 aromatic heterocycles. The molecule has 1 rings (SSSR count). The second-order valence-electron chi connectivity index (χ2n) is 3.12. The molecule has 0 spiro atoms. The van der Waals surface area contributed by atoms with Gasteiger partial charge in [-0.2, -0.15) is 11.8 Å². The largest absolute Gasteiger partial charge is 0.459 e. The molecule has 0 aliphatic heterocycles. The summed E-state index contributed by atoms with van der Waals surface area (Å²) in [5, 5.41) is 12.1. The van der Waals surface area contributed by atoms with Crippen molar-refractivity contribution in [3.8, 4) is 0 Å². The summed E-state index contributed by atoms with van der Waals surface area (Å²) in [4.78, 5) is 11.4. The Morgan fingerprint density at radius 3 is 3.13 bits per heavy atom. The van der Waals surface area contributed by atoms with Gasteiger partial charge in [0.2, 0.25) is 0 Å². The van der Waals surface area contributed by atoms with E-state index in [2.05, 4.69) is 5.32 Å². The van der Waals surface area contributed by atoms with Crippen molar-refractivity contribution >= 4 is 17.7 Å². The highest BCUT2D eigenvalue weighted by Crippen LogP contribution is 2.01. The fourth-order valence-electron chi connectivity index (χ4n) is 1.06. The molecule has 0 saturated carbocycles. The van der Waals surface area contributed by atoms with E-state index >= 15 is 0 Å². The number of carbonyl (C=O) groups excluding carboxylic acids is 1. The van der Waals surface area contributed by atoms with E-state index in [4.69, 9.17) is 4.42 Å². The molecule has 15 heavy (non-hydrogen) atoms. The van der Waals surface area contributed by atoms with Gasteiger partial charge in [0.1, 0.15) is 0 Å². The number of hydrogen-bond donors (Lipinski definition) is 2. The van der Waals surface area contributed by atoms with Crippen LogP contribution in [0.5, 0.6) is 0 Å². The van der Waals surface area contributed by atoms with Crippen LogP contribution in [-0.2, 0) is 0 Å². The van der Waals surface area contributed by atoms with Crippen LogP contribution in [0.1, 0.15) is 17.0 Å². The predicted octanol–water partition coefficient (Wildman–Crippen LogP) is 1.12. The zero-order valence-electron chi connectivity index (χ0n) is 8.60. The Balaban J connectivity index is 2.22. The Kier molecular flexibility index (Phi) is 5.28. The number of rotatable bonds is 6. The molecule has 1 heterocycles. The van der Waals surface area contributed by atoms with Crippen molar-refractivity contribution in [2.75, 3.05) is 18.6 Å². The normalized spacial score (nSPS) is 12.4. The molecule has 1 aromatic rings. The van der Waals surface area contributed by atoms with E-state index < -0.39 is 6.10 Å². The van der Waals surface area contributed by atoms with Crippen molar-refractivity contribution in [1.29, 1.82) is 0 Å². The molecule has 1 amide bonds. The number of nitrogens with one attached hydrogen (secondary N) is 1. The zero-order chi connectivity index (χ0) is 11.1. The summed E-state index contributed by atoms with van der Waals surface area (Å²) in [5.74, 6) is 0.868. The number of hydrogen-bond acceptors (Lipinski definition) is 4. The lowest BCUT2D eigenvalue weighted by Gasteiger charge is -2.09. The minimum absolute atomic E-state index is 0.264. The van der Waals surface area contributed by atoms with Gasteiger partial charge in [-0.15, -0.1) is 0 Å². The topological polar surface area (TPSA) is 62.5 Å². The van der Waals surface area contributed by atoms with E-state index in [1.54, 1.807) is 23.9 Å². The molecular formula is C10H15NO3S. The van der Waals surface area contributed by atoms with Crippen molar-refractivity contribution in [2.24, 2.45) is 0 Å². The number of aliphatic hydroxyl groups is 1. The molecular weight excluding hydrogens is 214 g/mol. The van der Waals surface area contributed by atoms with Gasteiger partial charge in [-0.05, 0) is 30.6 Å². The molecule has 4 nitrogen and oxygen atoms in total. The van der Waals surface area contributed by atoms with Crippen LogP contribution in [0.2, 0.25) is 0 Å². The standard InChI is InChI=1S/C10H15NO3S/c1-15-6-4-8(12)7-11-10(13)9-3-2-5-14-9/h2-3,5,8,12H,4,6-7H2,1H3,(H,11,13). The minimum Gasteiger partial charge on any atom is -0.459 e. The third kappa shape index (κ3) is 4.40. The smallest absolute Gasteiger partial charge is 0.287 e. The SMILES string of the molecule is CSCCC(O)CNC(=O)c1ccco1. The van der Waals surface area contributed by atoms with E-state index in [9.17, 15) is 9.90 Å². The van der Waals surface area contributed by atoms with Crippen LogP contribution < -0.4 is 5.32 Å². The van der Waals surface area contributed by atoms with Crippen LogP contribution >= 0.6 is 11.8 Å². The molecule has 0 aliphatic rings. The predicted molar refractivity (Wildman–Crippen MR) is 60.0 cm³/mol. The minimum atomic E-state index is -0.489. The van der Waals surface area contributed by atoms with Crippen LogP contribution in [0.4, 0.5) is 0 Å². The number of amides is 1. The Hall–Kier alpha value is -0.940. The Morgan fingerprint density at radius 1 is 1.73 bits per heavy atom. The van der Waals surface area contributed by atoms with E-state index in [0.29, 0.717) is 6.42 Å². The molecule has 0 aromatic carbocycles. The van der Waals surface area contributed by atoms with Crippen LogP contribution in [0.25, 0.3) is 0 Å². The lowest BCUT2D eigenvalue weighted by Crippen LogP contribution is -2.32. The first-order chi connectivity index (χ1) is 7.24. The van der Waals surface area contributed by atoms with Crippen molar-refractivity contribution in [2.45, 2.75) is 12.5 Å². The molecule has 84 valence electrons. The molecule has 2 N–H and O–H groups in total. The average molecular weight is 229 g/mol. The Bertz CT molecular complexity index is 287. The maximum absolute atomic E-state index is 11.4. The average Bonchev–Trinajstić information content (AvgIpc) is 2.76. The van der Waals surface area contributed by atoms with Crippen molar-refractivity contribution < 1.29 is 14.3 Å². The van der Waals surface area contributed by atoms with Crippen LogP contribution in [-0.4, -0.2) is 35.7 Å². The molecule has 0 radical (unpaired) electrons. The van der Waals surface area contributed by atoms with Gasteiger partial charge in [0.25, 0.3) is 5.91 Å². The second kappa shape index (κ2) is 6.53. The van der Waals surface area contributed by atoms with E-state index in [0.717, 1.165) is 5.75 Å². The fraction of sp³-hybridized carbons (Fsp3) is 0.500. The highest BCUT2D eigenvalue weighted by molar-refractivity contribution is 7.98. The van der Waals surface area contributed by atoms with Gasteiger partial charge in [-0.3, -0.25) is 4.79 Å². The maximum Gasteiger partial charge on any atom is 0.287 e.